The molecule has 1 saturated heterocycles. The first-order chi connectivity index (χ1) is 13.9. The van der Waals surface area contributed by atoms with E-state index >= 15 is 0 Å². The van der Waals surface area contributed by atoms with E-state index in [1.165, 1.54) is 11.3 Å². The summed E-state index contributed by atoms with van der Waals surface area (Å²) in [5, 5.41) is 13.6. The first-order valence-corrected chi connectivity index (χ1v) is 10.2. The molecule has 1 aliphatic rings. The van der Waals surface area contributed by atoms with E-state index in [2.05, 4.69) is 41.3 Å². The molecule has 29 heavy (non-hydrogen) atoms. The number of fused-ring (bicyclic) bond motifs is 1. The molecular formula is C21H29N6O2+. The summed E-state index contributed by atoms with van der Waals surface area (Å²) in [4.78, 5) is 17.6. The van der Waals surface area contributed by atoms with Crippen LogP contribution in [0.1, 0.15) is 57.5 Å². The first-order valence-electron chi connectivity index (χ1n) is 10.2. The van der Waals surface area contributed by atoms with Gasteiger partial charge in [0.15, 0.2) is 6.04 Å². The number of tetrazole rings is 1. The Morgan fingerprint density at radius 3 is 2.62 bits per heavy atom. The van der Waals surface area contributed by atoms with E-state index in [4.69, 9.17) is 4.74 Å². The van der Waals surface area contributed by atoms with E-state index < -0.39 is 0 Å². The third kappa shape index (κ3) is 3.76. The van der Waals surface area contributed by atoms with Gasteiger partial charge in [-0.05, 0) is 74.0 Å². The lowest BCUT2D eigenvalue weighted by Crippen LogP contribution is -3.13. The fourth-order valence-electron chi connectivity index (χ4n) is 4.23. The highest BCUT2D eigenvalue weighted by molar-refractivity contribution is 5.80. The van der Waals surface area contributed by atoms with Gasteiger partial charge in [-0.25, -0.2) is 4.68 Å². The molecule has 0 saturated carbocycles. The molecular weight excluding hydrogens is 368 g/mol. The van der Waals surface area contributed by atoms with Crippen molar-refractivity contribution < 1.29 is 9.64 Å². The van der Waals surface area contributed by atoms with Crippen LogP contribution < -0.4 is 15.2 Å². The second-order valence-corrected chi connectivity index (χ2v) is 8.78. The van der Waals surface area contributed by atoms with Gasteiger partial charge < -0.3 is 14.6 Å². The quantitative estimate of drug-likeness (QED) is 0.695. The molecule has 1 atom stereocenters. The minimum Gasteiger partial charge on any atom is -0.497 e. The summed E-state index contributed by atoms with van der Waals surface area (Å²) in [6.45, 7) is 8.23. The minimum atomic E-state index is -0.275. The Morgan fingerprint density at radius 2 is 1.93 bits per heavy atom. The summed E-state index contributed by atoms with van der Waals surface area (Å²) >= 11 is 0. The maximum absolute atomic E-state index is 13.2. The normalized spacial score (nSPS) is 16.8. The molecule has 8 nitrogen and oxygen atoms in total. The fraction of sp³-hybridized carbons (Fsp3) is 0.524. The molecule has 2 N–H and O–H groups in total. The van der Waals surface area contributed by atoms with E-state index in [-0.39, 0.29) is 17.1 Å². The van der Waals surface area contributed by atoms with E-state index in [1.54, 1.807) is 7.11 Å². The van der Waals surface area contributed by atoms with Gasteiger partial charge in [0, 0.05) is 6.07 Å². The van der Waals surface area contributed by atoms with E-state index in [1.807, 2.05) is 28.9 Å². The number of nitrogens with zero attached hydrogens (tertiary/aromatic N) is 4. The molecule has 1 aliphatic heterocycles. The Bertz CT molecular complexity index is 1060. The monoisotopic (exact) mass is 397 g/mol. The number of nitrogens with one attached hydrogen (secondary N) is 2. The molecule has 0 bridgehead atoms. The van der Waals surface area contributed by atoms with Crippen molar-refractivity contribution in [3.63, 3.8) is 0 Å². The number of aromatic amines is 1. The predicted octanol–water partition coefficient (Wildman–Crippen LogP) is 1.44. The Kier molecular flexibility index (Phi) is 5.12. The van der Waals surface area contributed by atoms with Crippen LogP contribution in [0, 0.1) is 0 Å². The van der Waals surface area contributed by atoms with Crippen molar-refractivity contribution in [2.75, 3.05) is 20.2 Å². The molecule has 0 spiro atoms. The number of ether oxygens (including phenoxy) is 1. The van der Waals surface area contributed by atoms with Crippen molar-refractivity contribution in [3.05, 3.63) is 46.0 Å². The lowest BCUT2D eigenvalue weighted by Gasteiger charge is -2.32. The number of hydrogen-bond donors (Lipinski definition) is 2. The first kappa shape index (κ1) is 19.6. The lowest BCUT2D eigenvalue weighted by atomic mass is 9.99. The van der Waals surface area contributed by atoms with Gasteiger partial charge in [0.25, 0.3) is 5.56 Å². The molecule has 0 radical (unpaired) electrons. The highest BCUT2D eigenvalue weighted by Gasteiger charge is 2.36. The molecule has 3 heterocycles. The van der Waals surface area contributed by atoms with E-state index in [0.29, 0.717) is 5.56 Å². The molecule has 0 amide bonds. The Balaban J connectivity index is 1.89. The summed E-state index contributed by atoms with van der Waals surface area (Å²) in [7, 11) is 1.62. The van der Waals surface area contributed by atoms with Gasteiger partial charge in [0.1, 0.15) is 5.75 Å². The van der Waals surface area contributed by atoms with Crippen molar-refractivity contribution in [1.82, 2.24) is 25.2 Å². The summed E-state index contributed by atoms with van der Waals surface area (Å²) in [6.07, 6.45) is 3.52. The zero-order chi connectivity index (χ0) is 20.6. The zero-order valence-electron chi connectivity index (χ0n) is 17.5. The highest BCUT2D eigenvalue weighted by atomic mass is 16.5. The van der Waals surface area contributed by atoms with Crippen LogP contribution in [0.15, 0.2) is 29.1 Å². The molecule has 1 aromatic carbocycles. The van der Waals surface area contributed by atoms with Crippen molar-refractivity contribution in [2.24, 2.45) is 0 Å². The average Bonchev–Trinajstić information content (AvgIpc) is 3.19. The van der Waals surface area contributed by atoms with E-state index in [9.17, 15) is 4.79 Å². The second kappa shape index (κ2) is 7.59. The lowest BCUT2D eigenvalue weighted by molar-refractivity contribution is -0.931. The minimum absolute atomic E-state index is 0.0997. The van der Waals surface area contributed by atoms with Crippen molar-refractivity contribution in [1.29, 1.82) is 0 Å². The highest BCUT2D eigenvalue weighted by Crippen LogP contribution is 2.24. The van der Waals surface area contributed by atoms with E-state index in [0.717, 1.165) is 48.4 Å². The number of piperidine rings is 1. The maximum atomic E-state index is 13.2. The van der Waals surface area contributed by atoms with Gasteiger partial charge in [-0.3, -0.25) is 4.79 Å². The molecule has 1 fully saturated rings. The number of rotatable bonds is 4. The van der Waals surface area contributed by atoms with Gasteiger partial charge in [-0.1, -0.05) is 0 Å². The summed E-state index contributed by atoms with van der Waals surface area (Å²) in [6, 6.07) is 7.51. The molecule has 2 aromatic heterocycles. The fourth-order valence-corrected chi connectivity index (χ4v) is 4.23. The summed E-state index contributed by atoms with van der Waals surface area (Å²) in [5.41, 5.74) is 1.10. The number of benzene rings is 1. The van der Waals surface area contributed by atoms with Crippen LogP contribution in [0.5, 0.6) is 5.75 Å². The van der Waals surface area contributed by atoms with Gasteiger partial charge >= 0.3 is 0 Å². The van der Waals surface area contributed by atoms with Gasteiger partial charge in [0.05, 0.1) is 36.8 Å². The van der Waals surface area contributed by atoms with Crippen molar-refractivity contribution >= 4 is 10.9 Å². The van der Waals surface area contributed by atoms with Crippen molar-refractivity contribution in [3.8, 4) is 5.75 Å². The third-order valence-electron chi connectivity index (χ3n) is 5.68. The number of aromatic nitrogens is 5. The summed E-state index contributed by atoms with van der Waals surface area (Å²) < 4.78 is 7.15. The number of pyridine rings is 1. The maximum Gasteiger partial charge on any atom is 0.258 e. The van der Waals surface area contributed by atoms with Gasteiger partial charge in [-0.15, -0.1) is 5.10 Å². The standard InChI is InChI=1S/C21H28N6O2/c1-21(2,3)27-19(23-24-25-27)18(26-10-6-5-7-11-26)16-12-14-8-9-15(29-4)13-17(14)22-20(16)28/h8-9,12-13,18H,5-7,10-11H2,1-4H3,(H,22,28)/p+1/t18-/m1/s1. The van der Waals surface area contributed by atoms with Crippen molar-refractivity contribution in [2.45, 2.75) is 51.6 Å². The second-order valence-electron chi connectivity index (χ2n) is 8.78. The van der Waals surface area contributed by atoms with Gasteiger partial charge in [0.2, 0.25) is 5.82 Å². The van der Waals surface area contributed by atoms with Crippen LogP contribution in [0.2, 0.25) is 0 Å². The Labute approximate surface area is 169 Å². The topological polar surface area (TPSA) is 90.1 Å². The Hall–Kier alpha value is -2.74. The van der Waals surface area contributed by atoms with Crippen LogP contribution >= 0.6 is 0 Å². The number of hydrogen-bond acceptors (Lipinski definition) is 5. The molecule has 154 valence electrons. The largest absolute Gasteiger partial charge is 0.497 e. The van der Waals surface area contributed by atoms with Crippen LogP contribution in [-0.4, -0.2) is 45.4 Å². The Morgan fingerprint density at radius 1 is 1.17 bits per heavy atom. The average molecular weight is 398 g/mol. The molecule has 4 rings (SSSR count). The summed E-state index contributed by atoms with van der Waals surface area (Å²) in [5.74, 6) is 1.46. The third-order valence-corrected chi connectivity index (χ3v) is 5.68. The zero-order valence-corrected chi connectivity index (χ0v) is 17.5. The predicted molar refractivity (Wildman–Crippen MR) is 110 cm³/mol. The smallest absolute Gasteiger partial charge is 0.258 e. The molecule has 0 aliphatic carbocycles. The number of H-pyrrole nitrogens is 1. The number of likely N-dealkylation sites (tertiary alicyclic amines) is 1. The number of methoxy groups -OCH3 is 1. The number of quaternary nitrogens is 1. The van der Waals surface area contributed by atoms with Crippen LogP contribution in [0.25, 0.3) is 10.9 Å². The molecule has 3 aromatic rings. The SMILES string of the molecule is COc1ccc2cc([C@H](c3nnnn3C(C)(C)C)[NH+]3CCCCC3)c(=O)[nH]c2c1. The van der Waals surface area contributed by atoms with Gasteiger partial charge in [-0.2, -0.15) is 0 Å². The molecule has 0 unspecified atom stereocenters. The molecule has 8 heteroatoms. The van der Waals surface area contributed by atoms with Crippen LogP contribution in [-0.2, 0) is 5.54 Å². The van der Waals surface area contributed by atoms with Crippen LogP contribution in [0.4, 0.5) is 0 Å². The van der Waals surface area contributed by atoms with Crippen LogP contribution in [0.3, 0.4) is 0 Å².